The topological polar surface area (TPSA) is 32.7 Å². The lowest BCUT2D eigenvalue weighted by atomic mass is 9.92. The highest BCUT2D eigenvalue weighted by Gasteiger charge is 2.23. The number of hydrogen-bond acceptors (Lipinski definition) is 3. The molecule has 1 aliphatic carbocycles. The van der Waals surface area contributed by atoms with Gasteiger partial charge in [-0.15, -0.1) is 0 Å². The van der Waals surface area contributed by atoms with E-state index < -0.39 is 6.10 Å². The summed E-state index contributed by atoms with van der Waals surface area (Å²) in [6.45, 7) is 7.91. The summed E-state index contributed by atoms with van der Waals surface area (Å²) in [5, 5.41) is 10.3. The van der Waals surface area contributed by atoms with Crippen LogP contribution in [0.2, 0.25) is 0 Å². The van der Waals surface area contributed by atoms with Crippen LogP contribution < -0.4 is 4.74 Å². The van der Waals surface area contributed by atoms with E-state index in [1.165, 1.54) is 36.8 Å². The first-order valence-electron chi connectivity index (χ1n) is 8.75. The summed E-state index contributed by atoms with van der Waals surface area (Å²) in [5.41, 5.74) is 2.88. The average Bonchev–Trinajstić information content (AvgIpc) is 2.91. The molecule has 1 saturated heterocycles. The number of aliphatic hydroxyl groups is 1. The van der Waals surface area contributed by atoms with Gasteiger partial charge in [-0.05, 0) is 60.8 Å². The molecule has 1 fully saturated rings. The summed E-state index contributed by atoms with van der Waals surface area (Å²) in [7, 11) is 0. The molecule has 1 heterocycles. The van der Waals surface area contributed by atoms with Crippen LogP contribution >= 0.6 is 0 Å². The largest absolute Gasteiger partial charge is 0.491 e. The van der Waals surface area contributed by atoms with Crippen molar-refractivity contribution in [3.05, 3.63) is 29.3 Å². The number of piperidine rings is 1. The molecule has 1 aromatic carbocycles. The van der Waals surface area contributed by atoms with E-state index >= 15 is 0 Å². The lowest BCUT2D eigenvalue weighted by molar-refractivity contribution is 0.0429. The zero-order valence-electron chi connectivity index (χ0n) is 13.9. The van der Waals surface area contributed by atoms with Crippen molar-refractivity contribution in [2.75, 3.05) is 26.2 Å². The van der Waals surface area contributed by atoms with Crippen LogP contribution in [0.4, 0.5) is 0 Å². The lowest BCUT2D eigenvalue weighted by Gasteiger charge is -2.35. The fraction of sp³-hybridized carbons (Fsp3) is 0.684. The van der Waals surface area contributed by atoms with Crippen molar-refractivity contribution < 1.29 is 9.84 Å². The number of β-amino-alcohol motifs (C(OH)–C–C–N with tert-alkyl or cyclic N) is 1. The molecule has 0 saturated carbocycles. The van der Waals surface area contributed by atoms with E-state index in [9.17, 15) is 5.11 Å². The second-order valence-corrected chi connectivity index (χ2v) is 7.41. The molecule has 0 aromatic heterocycles. The number of hydrogen-bond donors (Lipinski definition) is 1. The summed E-state index contributed by atoms with van der Waals surface area (Å²) in [4.78, 5) is 2.38. The minimum atomic E-state index is -0.411. The molecule has 2 aliphatic rings. The fourth-order valence-electron chi connectivity index (χ4n) is 4.12. The molecule has 3 rings (SSSR count). The molecule has 0 radical (unpaired) electrons. The molecule has 1 aromatic rings. The van der Waals surface area contributed by atoms with E-state index in [2.05, 4.69) is 30.9 Å². The molecule has 22 heavy (non-hydrogen) atoms. The van der Waals surface area contributed by atoms with E-state index in [4.69, 9.17) is 4.74 Å². The zero-order valence-corrected chi connectivity index (χ0v) is 13.9. The SMILES string of the molecule is C[C@H]1C[C@H](C)CN(C[C@H](O)COc2ccc3c(c2)CCC3)C1. The third-order valence-electron chi connectivity index (χ3n) is 4.93. The maximum absolute atomic E-state index is 10.3. The Kier molecular flexibility index (Phi) is 5.04. The lowest BCUT2D eigenvalue weighted by Crippen LogP contribution is -2.44. The molecule has 3 nitrogen and oxygen atoms in total. The summed E-state index contributed by atoms with van der Waals surface area (Å²) >= 11 is 0. The van der Waals surface area contributed by atoms with Crippen molar-refractivity contribution in [2.45, 2.75) is 45.6 Å². The Hall–Kier alpha value is -1.06. The Balaban J connectivity index is 1.47. The number of aryl methyl sites for hydroxylation is 2. The average molecular weight is 303 g/mol. The maximum atomic E-state index is 10.3. The molecule has 0 spiro atoms. The van der Waals surface area contributed by atoms with Crippen LogP contribution in [0, 0.1) is 11.8 Å². The zero-order chi connectivity index (χ0) is 15.5. The number of nitrogens with zero attached hydrogens (tertiary/aromatic N) is 1. The molecule has 0 amide bonds. The molecular formula is C19H29NO2. The van der Waals surface area contributed by atoms with Gasteiger partial charge in [0.1, 0.15) is 18.5 Å². The first-order chi connectivity index (χ1) is 10.6. The molecule has 3 atom stereocenters. The highest BCUT2D eigenvalue weighted by atomic mass is 16.5. The Morgan fingerprint density at radius 1 is 1.18 bits per heavy atom. The molecule has 0 unspecified atom stereocenters. The van der Waals surface area contributed by atoms with Gasteiger partial charge in [0.05, 0.1) is 0 Å². The Morgan fingerprint density at radius 2 is 1.91 bits per heavy atom. The Bertz CT molecular complexity index is 492. The standard InChI is InChI=1S/C19H29NO2/c1-14-8-15(2)11-20(10-14)12-18(21)13-22-19-7-6-16-4-3-5-17(16)9-19/h6-7,9,14-15,18,21H,3-5,8,10-13H2,1-2H3/t14-,15-,18-/m0/s1. The van der Waals surface area contributed by atoms with Gasteiger partial charge in [0.15, 0.2) is 0 Å². The summed E-state index contributed by atoms with van der Waals surface area (Å²) in [5.74, 6) is 2.36. The number of benzene rings is 1. The summed E-state index contributed by atoms with van der Waals surface area (Å²) in [6, 6.07) is 6.38. The third kappa shape index (κ3) is 4.02. The third-order valence-corrected chi connectivity index (χ3v) is 4.93. The van der Waals surface area contributed by atoms with Gasteiger partial charge in [-0.1, -0.05) is 19.9 Å². The smallest absolute Gasteiger partial charge is 0.119 e. The van der Waals surface area contributed by atoms with Crippen LogP contribution in [-0.4, -0.2) is 42.4 Å². The minimum Gasteiger partial charge on any atom is -0.491 e. The highest BCUT2D eigenvalue weighted by Crippen LogP contribution is 2.26. The monoisotopic (exact) mass is 303 g/mol. The number of ether oxygens (including phenoxy) is 1. The summed E-state index contributed by atoms with van der Waals surface area (Å²) < 4.78 is 5.81. The molecule has 0 bridgehead atoms. The van der Waals surface area contributed by atoms with Crippen LogP contribution in [0.1, 0.15) is 37.8 Å². The Labute approximate surface area is 134 Å². The van der Waals surface area contributed by atoms with Crippen LogP contribution in [-0.2, 0) is 12.8 Å². The molecule has 122 valence electrons. The van der Waals surface area contributed by atoms with Crippen molar-refractivity contribution in [3.63, 3.8) is 0 Å². The van der Waals surface area contributed by atoms with Gasteiger partial charge in [-0.2, -0.15) is 0 Å². The fourth-order valence-corrected chi connectivity index (χ4v) is 4.12. The predicted octanol–water partition coefficient (Wildman–Crippen LogP) is 2.89. The van der Waals surface area contributed by atoms with Gasteiger partial charge < -0.3 is 14.7 Å². The molecule has 1 N–H and O–H groups in total. The summed E-state index contributed by atoms with van der Waals surface area (Å²) in [6.07, 6.45) is 4.51. The number of rotatable bonds is 5. The van der Waals surface area contributed by atoms with Gasteiger partial charge >= 0.3 is 0 Å². The van der Waals surface area contributed by atoms with Crippen molar-refractivity contribution in [1.82, 2.24) is 4.90 Å². The van der Waals surface area contributed by atoms with Gasteiger partial charge in [0.2, 0.25) is 0 Å². The van der Waals surface area contributed by atoms with E-state index in [0.29, 0.717) is 6.61 Å². The molecule has 3 heteroatoms. The van der Waals surface area contributed by atoms with Crippen LogP contribution in [0.5, 0.6) is 5.75 Å². The van der Waals surface area contributed by atoms with E-state index in [0.717, 1.165) is 37.2 Å². The van der Waals surface area contributed by atoms with Gasteiger partial charge in [-0.3, -0.25) is 0 Å². The van der Waals surface area contributed by atoms with Gasteiger partial charge in [0, 0.05) is 19.6 Å². The normalized spacial score (nSPS) is 26.7. The first kappa shape index (κ1) is 15.8. The quantitative estimate of drug-likeness (QED) is 0.908. The van der Waals surface area contributed by atoms with Crippen molar-refractivity contribution >= 4 is 0 Å². The highest BCUT2D eigenvalue weighted by molar-refractivity contribution is 5.38. The number of likely N-dealkylation sites (tertiary alicyclic amines) is 1. The second-order valence-electron chi connectivity index (χ2n) is 7.41. The van der Waals surface area contributed by atoms with Gasteiger partial charge in [-0.25, -0.2) is 0 Å². The number of aliphatic hydroxyl groups excluding tert-OH is 1. The van der Waals surface area contributed by atoms with Crippen molar-refractivity contribution in [3.8, 4) is 5.75 Å². The van der Waals surface area contributed by atoms with E-state index in [-0.39, 0.29) is 0 Å². The minimum absolute atomic E-state index is 0.387. The molecule has 1 aliphatic heterocycles. The number of fused-ring (bicyclic) bond motifs is 1. The first-order valence-corrected chi connectivity index (χ1v) is 8.75. The van der Waals surface area contributed by atoms with Crippen molar-refractivity contribution in [2.24, 2.45) is 11.8 Å². The van der Waals surface area contributed by atoms with Crippen LogP contribution in [0.3, 0.4) is 0 Å². The van der Waals surface area contributed by atoms with Crippen molar-refractivity contribution in [1.29, 1.82) is 0 Å². The maximum Gasteiger partial charge on any atom is 0.119 e. The molecular weight excluding hydrogens is 274 g/mol. The van der Waals surface area contributed by atoms with Crippen LogP contribution in [0.15, 0.2) is 18.2 Å². The Morgan fingerprint density at radius 3 is 2.68 bits per heavy atom. The van der Waals surface area contributed by atoms with E-state index in [1.54, 1.807) is 0 Å². The second kappa shape index (κ2) is 7.01. The van der Waals surface area contributed by atoms with E-state index in [1.807, 2.05) is 6.07 Å². The van der Waals surface area contributed by atoms with Gasteiger partial charge in [0.25, 0.3) is 0 Å². The predicted molar refractivity (Wildman–Crippen MR) is 89.4 cm³/mol. The van der Waals surface area contributed by atoms with Crippen LogP contribution in [0.25, 0.3) is 0 Å².